The van der Waals surface area contributed by atoms with Crippen LogP contribution < -0.4 is 0 Å². The molecule has 0 spiro atoms. The Labute approximate surface area is 158 Å². The summed E-state index contributed by atoms with van der Waals surface area (Å²) in [4.78, 5) is 26.1. The Kier molecular flexibility index (Phi) is 7.36. The second-order valence-electron chi connectivity index (χ2n) is 6.07. The van der Waals surface area contributed by atoms with E-state index in [1.807, 2.05) is 6.08 Å². The predicted octanol–water partition coefficient (Wildman–Crippen LogP) is 2.94. The van der Waals surface area contributed by atoms with E-state index >= 15 is 0 Å². The van der Waals surface area contributed by atoms with Gasteiger partial charge in [-0.2, -0.15) is 0 Å². The van der Waals surface area contributed by atoms with Gasteiger partial charge >= 0.3 is 15.2 Å². The molecule has 0 bridgehead atoms. The molecule has 152 valence electrons. The molecule has 0 aromatic heterocycles. The van der Waals surface area contributed by atoms with Gasteiger partial charge in [0.05, 0.1) is 5.92 Å². The highest BCUT2D eigenvalue weighted by Gasteiger charge is 2.49. The molecule has 0 radical (unpaired) electrons. The third-order valence-electron chi connectivity index (χ3n) is 4.81. The summed E-state index contributed by atoms with van der Waals surface area (Å²) in [5.41, 5.74) is 0.484. The number of imide groups is 1. The summed E-state index contributed by atoms with van der Waals surface area (Å²) in [6.45, 7) is 0.100. The van der Waals surface area contributed by atoms with E-state index in [-0.39, 0.29) is 31.2 Å². The van der Waals surface area contributed by atoms with Crippen LogP contribution in [0.3, 0.4) is 0 Å². The van der Waals surface area contributed by atoms with Crippen LogP contribution in [0, 0.1) is 5.92 Å². The summed E-state index contributed by atoms with van der Waals surface area (Å²) in [6, 6.07) is 0. The van der Waals surface area contributed by atoms with Crippen LogP contribution in [0.4, 0.5) is 0 Å². The molecule has 0 aromatic rings. The Bertz CT molecular complexity index is 705. The average molecular weight is 421 g/mol. The lowest BCUT2D eigenvalue weighted by Gasteiger charge is -2.29. The number of hydrogen-bond donors (Lipinski definition) is 0. The van der Waals surface area contributed by atoms with Crippen LogP contribution in [0.25, 0.3) is 0 Å². The first-order valence-corrected chi connectivity index (χ1v) is 11.6. The number of fused-ring (bicyclic) bond motifs is 1. The maximum atomic E-state index is 12.8. The van der Waals surface area contributed by atoms with Crippen LogP contribution in [0.15, 0.2) is 23.8 Å². The summed E-state index contributed by atoms with van der Waals surface area (Å²) in [6.07, 6.45) is 6.06. The molecule has 0 N–H and O–H groups in total. The lowest BCUT2D eigenvalue weighted by Crippen LogP contribution is -2.32. The molecule has 9 nitrogen and oxygen atoms in total. The van der Waals surface area contributed by atoms with Gasteiger partial charge in [0.1, 0.15) is 0 Å². The molecule has 2 amide bonds. The summed E-state index contributed by atoms with van der Waals surface area (Å²) in [5, 5.41) is -1.18. The van der Waals surface area contributed by atoms with E-state index < -0.39 is 26.5 Å². The molecule has 1 aliphatic carbocycles. The van der Waals surface area contributed by atoms with Crippen molar-refractivity contribution in [3.8, 4) is 0 Å². The molecule has 1 aliphatic heterocycles. The first-order valence-electron chi connectivity index (χ1n) is 8.42. The van der Waals surface area contributed by atoms with Crippen LogP contribution in [0.2, 0.25) is 0 Å². The van der Waals surface area contributed by atoms with Crippen molar-refractivity contribution >= 4 is 27.0 Å². The number of allylic oxidation sites excluding steroid dienone is 3. The SMILES string of the molecule is COP(=O)(OC)C(CCCN1C(=O)C2=CC=CCC2C1=O)P(=O)(OC)OC. The zero-order valence-corrected chi connectivity index (χ0v) is 17.6. The molecule has 1 saturated heterocycles. The maximum Gasteiger partial charge on any atom is 0.345 e. The third kappa shape index (κ3) is 4.19. The highest BCUT2D eigenvalue weighted by Crippen LogP contribution is 2.70. The van der Waals surface area contributed by atoms with Gasteiger partial charge in [0.2, 0.25) is 5.91 Å². The third-order valence-corrected chi connectivity index (χ3v) is 10.5. The minimum absolute atomic E-state index is 0.0525. The van der Waals surface area contributed by atoms with E-state index in [9.17, 15) is 18.7 Å². The van der Waals surface area contributed by atoms with E-state index in [1.54, 1.807) is 12.2 Å². The molecule has 1 fully saturated rings. The van der Waals surface area contributed by atoms with Crippen molar-refractivity contribution in [3.63, 3.8) is 0 Å². The van der Waals surface area contributed by atoms with Crippen molar-refractivity contribution in [1.29, 1.82) is 0 Å². The summed E-state index contributed by atoms with van der Waals surface area (Å²) in [5.74, 6) is -1.02. The largest absolute Gasteiger partial charge is 0.345 e. The lowest BCUT2D eigenvalue weighted by atomic mass is 9.94. The van der Waals surface area contributed by atoms with Gasteiger partial charge in [-0.15, -0.1) is 0 Å². The lowest BCUT2D eigenvalue weighted by molar-refractivity contribution is -0.139. The number of carbonyl (C=O) groups excluding carboxylic acids is 2. The van der Waals surface area contributed by atoms with Gasteiger partial charge in [-0.05, 0) is 19.3 Å². The zero-order chi connectivity index (χ0) is 20.2. The van der Waals surface area contributed by atoms with Crippen molar-refractivity contribution in [1.82, 2.24) is 4.90 Å². The van der Waals surface area contributed by atoms with Crippen LogP contribution in [0.5, 0.6) is 0 Å². The topological polar surface area (TPSA) is 108 Å². The van der Waals surface area contributed by atoms with E-state index in [1.165, 1.54) is 33.3 Å². The van der Waals surface area contributed by atoms with Crippen molar-refractivity contribution in [2.24, 2.45) is 5.92 Å². The van der Waals surface area contributed by atoms with Crippen molar-refractivity contribution in [2.75, 3.05) is 35.0 Å². The number of nitrogens with zero attached hydrogens (tertiary/aromatic N) is 1. The standard InChI is InChI=1S/C16H25NO8P2/c1-22-26(20,23-2)14(27(21,24-3)25-4)10-7-11-17-15(18)12-8-5-6-9-13(12)16(17)19/h5-6,8,13-14H,7,9-11H2,1-4H3. The second-order valence-corrected chi connectivity index (χ2v) is 11.3. The van der Waals surface area contributed by atoms with Gasteiger partial charge in [0, 0.05) is 40.6 Å². The molecule has 1 heterocycles. The molecular weight excluding hydrogens is 396 g/mol. The van der Waals surface area contributed by atoms with Crippen LogP contribution in [-0.4, -0.2) is 57.1 Å². The Morgan fingerprint density at radius 3 is 2.11 bits per heavy atom. The normalized spacial score (nSPS) is 20.4. The predicted molar refractivity (Wildman–Crippen MR) is 98.3 cm³/mol. The minimum Gasteiger partial charge on any atom is -0.311 e. The average Bonchev–Trinajstić information content (AvgIpc) is 2.95. The fraction of sp³-hybridized carbons (Fsp3) is 0.625. The Balaban J connectivity index is 2.12. The number of amides is 2. The molecule has 0 aromatic carbocycles. The summed E-state index contributed by atoms with van der Waals surface area (Å²) < 4.78 is 45.6. The van der Waals surface area contributed by atoms with Crippen molar-refractivity contribution in [3.05, 3.63) is 23.8 Å². The van der Waals surface area contributed by atoms with Crippen LogP contribution >= 0.6 is 15.2 Å². The first kappa shape index (κ1) is 22.2. The van der Waals surface area contributed by atoms with Crippen molar-refractivity contribution < 1.29 is 36.8 Å². The van der Waals surface area contributed by atoms with Crippen LogP contribution in [0.1, 0.15) is 19.3 Å². The van der Waals surface area contributed by atoms with E-state index in [0.29, 0.717) is 12.0 Å². The molecule has 11 heteroatoms. The number of hydrogen-bond acceptors (Lipinski definition) is 8. The monoisotopic (exact) mass is 421 g/mol. The fourth-order valence-corrected chi connectivity index (χ4v) is 8.08. The molecule has 1 atom stereocenters. The highest BCUT2D eigenvalue weighted by molar-refractivity contribution is 7.72. The van der Waals surface area contributed by atoms with Gasteiger partial charge in [0.15, 0.2) is 5.40 Å². The zero-order valence-electron chi connectivity index (χ0n) is 15.8. The Morgan fingerprint density at radius 2 is 1.63 bits per heavy atom. The van der Waals surface area contributed by atoms with Gasteiger partial charge in [-0.25, -0.2) is 0 Å². The fourth-order valence-electron chi connectivity index (χ4n) is 3.30. The second kappa shape index (κ2) is 8.95. The smallest absolute Gasteiger partial charge is 0.311 e. The molecule has 2 aliphatic rings. The molecule has 27 heavy (non-hydrogen) atoms. The van der Waals surface area contributed by atoms with Crippen LogP contribution in [-0.2, 0) is 36.8 Å². The number of carbonyl (C=O) groups is 2. The maximum absolute atomic E-state index is 12.8. The van der Waals surface area contributed by atoms with Gasteiger partial charge in [0.25, 0.3) is 5.91 Å². The Hall–Kier alpha value is -1.08. The number of rotatable bonds is 10. The Morgan fingerprint density at radius 1 is 1.07 bits per heavy atom. The van der Waals surface area contributed by atoms with Crippen molar-refractivity contribution in [2.45, 2.75) is 24.7 Å². The summed E-state index contributed by atoms with van der Waals surface area (Å²) in [7, 11) is -2.83. The molecular formula is C16H25NO8P2. The van der Waals surface area contributed by atoms with Gasteiger partial charge in [-0.1, -0.05) is 18.2 Å². The van der Waals surface area contributed by atoms with Gasteiger partial charge < -0.3 is 18.1 Å². The summed E-state index contributed by atoms with van der Waals surface area (Å²) >= 11 is 0. The highest BCUT2D eigenvalue weighted by atomic mass is 31.2. The van der Waals surface area contributed by atoms with E-state index in [2.05, 4.69) is 0 Å². The van der Waals surface area contributed by atoms with Gasteiger partial charge in [-0.3, -0.25) is 23.6 Å². The van der Waals surface area contributed by atoms with E-state index in [4.69, 9.17) is 18.1 Å². The van der Waals surface area contributed by atoms with E-state index in [0.717, 1.165) is 0 Å². The molecule has 2 rings (SSSR count). The minimum atomic E-state index is -3.79. The molecule has 1 unspecified atom stereocenters. The quantitative estimate of drug-likeness (QED) is 0.391. The first-order chi connectivity index (χ1) is 12.8. The molecule has 0 saturated carbocycles. The number of likely N-dealkylation sites (tertiary alicyclic amines) is 1.